The van der Waals surface area contributed by atoms with E-state index in [1.807, 2.05) is 0 Å². The van der Waals surface area contributed by atoms with Crippen molar-refractivity contribution in [2.45, 2.75) is 0 Å². The largest absolute Gasteiger partial charge is 0.505 e. The lowest BCUT2D eigenvalue weighted by Crippen LogP contribution is -1.86. The van der Waals surface area contributed by atoms with Gasteiger partial charge >= 0.3 is 0 Å². The number of halogens is 3. The smallest absolute Gasteiger partial charge is 0.153 e. The first-order valence-electron chi connectivity index (χ1n) is 3.11. The molecule has 1 aromatic rings. The number of phenols is 1. The van der Waals surface area contributed by atoms with Crippen molar-refractivity contribution >= 4 is 41.0 Å². The lowest BCUT2D eigenvalue weighted by molar-refractivity contribution is 0.322. The summed E-state index contributed by atoms with van der Waals surface area (Å²) in [5.74, 6) is -0.289. The summed E-state index contributed by atoms with van der Waals surface area (Å²) in [5.41, 5.74) is 0.215. The molecule has 0 saturated carbocycles. The molecule has 0 aliphatic heterocycles. The van der Waals surface area contributed by atoms with Gasteiger partial charge in [0.15, 0.2) is 5.75 Å². The minimum atomic E-state index is -0.289. The van der Waals surface area contributed by atoms with Gasteiger partial charge in [0, 0.05) is 5.56 Å². The van der Waals surface area contributed by atoms with Gasteiger partial charge in [-0.3, -0.25) is 0 Å². The normalized spacial score (nSPS) is 11.0. The average Bonchev–Trinajstić information content (AvgIpc) is 2.09. The predicted molar refractivity (Wildman–Crippen MR) is 52.5 cm³/mol. The van der Waals surface area contributed by atoms with Gasteiger partial charge in [-0.2, -0.15) is 0 Å². The van der Waals surface area contributed by atoms with Crippen molar-refractivity contribution in [3.05, 3.63) is 26.7 Å². The highest BCUT2D eigenvalue weighted by Crippen LogP contribution is 2.37. The lowest BCUT2D eigenvalue weighted by Gasteiger charge is -2.04. The van der Waals surface area contributed by atoms with Crippen molar-refractivity contribution in [3.8, 4) is 5.75 Å². The first-order chi connectivity index (χ1) is 6.07. The molecule has 0 spiro atoms. The van der Waals surface area contributed by atoms with Crippen LogP contribution in [0.5, 0.6) is 5.75 Å². The number of aromatic hydroxyl groups is 1. The number of oxime groups is 1. The Morgan fingerprint density at radius 1 is 1.23 bits per heavy atom. The molecule has 0 heterocycles. The highest BCUT2D eigenvalue weighted by molar-refractivity contribution is 6.43. The Morgan fingerprint density at radius 2 is 1.85 bits per heavy atom. The third kappa shape index (κ3) is 1.99. The lowest BCUT2D eigenvalue weighted by atomic mass is 10.2. The van der Waals surface area contributed by atoms with Crippen LogP contribution in [0.1, 0.15) is 5.56 Å². The second kappa shape index (κ2) is 4.05. The van der Waals surface area contributed by atoms with Crippen LogP contribution >= 0.6 is 34.8 Å². The fourth-order valence-corrected chi connectivity index (χ4v) is 1.63. The van der Waals surface area contributed by atoms with Crippen LogP contribution in [0, 0.1) is 0 Å². The van der Waals surface area contributed by atoms with E-state index in [1.165, 1.54) is 6.07 Å². The second-order valence-electron chi connectivity index (χ2n) is 2.16. The number of phenolic OH excluding ortho intramolecular Hbond substituents is 1. The maximum Gasteiger partial charge on any atom is 0.153 e. The monoisotopic (exact) mass is 239 g/mol. The quantitative estimate of drug-likeness (QED) is 0.450. The summed E-state index contributed by atoms with van der Waals surface area (Å²) < 4.78 is 0. The van der Waals surface area contributed by atoms with Crippen LogP contribution in [0.3, 0.4) is 0 Å². The molecule has 0 atom stereocenters. The summed E-state index contributed by atoms with van der Waals surface area (Å²) in [6, 6.07) is 1.31. The Kier molecular flexibility index (Phi) is 3.25. The van der Waals surface area contributed by atoms with Gasteiger partial charge in [0.1, 0.15) is 0 Å². The van der Waals surface area contributed by atoms with E-state index < -0.39 is 0 Å². The van der Waals surface area contributed by atoms with Crippen molar-refractivity contribution in [3.63, 3.8) is 0 Å². The molecule has 1 aromatic carbocycles. The molecule has 0 radical (unpaired) electrons. The standard InChI is InChI=1S/C7H4Cl3NO2/c8-4-1-5(9)7(12)6(10)3(4)2-11-13/h1-2,12-13H. The third-order valence-corrected chi connectivity index (χ3v) is 2.35. The van der Waals surface area contributed by atoms with Gasteiger partial charge in [-0.15, -0.1) is 0 Å². The van der Waals surface area contributed by atoms with Gasteiger partial charge < -0.3 is 10.3 Å². The third-order valence-electron chi connectivity index (χ3n) is 1.37. The molecule has 0 unspecified atom stereocenters. The summed E-state index contributed by atoms with van der Waals surface area (Å²) in [6.45, 7) is 0. The Labute approximate surface area is 89.1 Å². The van der Waals surface area contributed by atoms with Crippen LogP contribution in [0.25, 0.3) is 0 Å². The molecule has 70 valence electrons. The maximum absolute atomic E-state index is 9.27. The van der Waals surface area contributed by atoms with Crippen molar-refractivity contribution in [1.29, 1.82) is 0 Å². The molecule has 0 amide bonds. The highest BCUT2D eigenvalue weighted by Gasteiger charge is 2.12. The zero-order valence-electron chi connectivity index (χ0n) is 6.13. The molecule has 13 heavy (non-hydrogen) atoms. The number of nitrogens with zero attached hydrogens (tertiary/aromatic N) is 1. The first kappa shape index (κ1) is 10.4. The van der Waals surface area contributed by atoms with E-state index in [0.29, 0.717) is 0 Å². The Hall–Kier alpha value is -0.640. The molecule has 6 heteroatoms. The molecule has 0 aromatic heterocycles. The van der Waals surface area contributed by atoms with E-state index in [4.69, 9.17) is 40.0 Å². The van der Waals surface area contributed by atoms with Gasteiger partial charge in [-0.05, 0) is 6.07 Å². The van der Waals surface area contributed by atoms with Crippen LogP contribution < -0.4 is 0 Å². The minimum absolute atomic E-state index is 0.0460. The van der Waals surface area contributed by atoms with Crippen molar-refractivity contribution < 1.29 is 10.3 Å². The Balaban J connectivity index is 3.43. The fourth-order valence-electron chi connectivity index (χ4n) is 0.771. The second-order valence-corrected chi connectivity index (χ2v) is 3.35. The Bertz CT molecular complexity index is 365. The molecular weight excluding hydrogens is 236 g/mol. The van der Waals surface area contributed by atoms with Gasteiger partial charge in [0.25, 0.3) is 0 Å². The predicted octanol–water partition coefficient (Wildman–Crippen LogP) is 3.16. The number of benzene rings is 1. The molecular formula is C7H4Cl3NO2. The van der Waals surface area contributed by atoms with Crippen molar-refractivity contribution in [2.24, 2.45) is 5.16 Å². The van der Waals surface area contributed by atoms with Gasteiger partial charge in [-0.25, -0.2) is 0 Å². The number of hydrogen-bond donors (Lipinski definition) is 2. The summed E-state index contributed by atoms with van der Waals surface area (Å²) in [5, 5.41) is 20.5. The summed E-state index contributed by atoms with van der Waals surface area (Å²) >= 11 is 16.9. The van der Waals surface area contributed by atoms with E-state index in [-0.39, 0.29) is 26.4 Å². The molecule has 0 aliphatic rings. The fraction of sp³-hybridized carbons (Fsp3) is 0. The zero-order chi connectivity index (χ0) is 10.0. The summed E-state index contributed by atoms with van der Waals surface area (Å²) in [7, 11) is 0. The van der Waals surface area contributed by atoms with E-state index in [1.54, 1.807) is 0 Å². The highest BCUT2D eigenvalue weighted by atomic mass is 35.5. The van der Waals surface area contributed by atoms with Crippen molar-refractivity contribution in [2.75, 3.05) is 0 Å². The SMILES string of the molecule is ON=Cc1c(Cl)cc(Cl)c(O)c1Cl. The van der Waals surface area contributed by atoms with Crippen LogP contribution in [-0.2, 0) is 0 Å². The van der Waals surface area contributed by atoms with Crippen LogP contribution in [0.4, 0.5) is 0 Å². The van der Waals surface area contributed by atoms with Gasteiger partial charge in [0.05, 0.1) is 21.3 Å². The van der Waals surface area contributed by atoms with Crippen molar-refractivity contribution in [1.82, 2.24) is 0 Å². The van der Waals surface area contributed by atoms with Crippen LogP contribution in [0.2, 0.25) is 15.1 Å². The van der Waals surface area contributed by atoms with Crippen LogP contribution in [0.15, 0.2) is 11.2 Å². The van der Waals surface area contributed by atoms with E-state index in [0.717, 1.165) is 6.21 Å². The van der Waals surface area contributed by atoms with E-state index in [2.05, 4.69) is 5.16 Å². The molecule has 0 fully saturated rings. The molecule has 0 saturated heterocycles. The topological polar surface area (TPSA) is 52.8 Å². The van der Waals surface area contributed by atoms with E-state index >= 15 is 0 Å². The number of hydrogen-bond acceptors (Lipinski definition) is 3. The van der Waals surface area contributed by atoms with Crippen LogP contribution in [-0.4, -0.2) is 16.5 Å². The zero-order valence-corrected chi connectivity index (χ0v) is 8.40. The number of rotatable bonds is 1. The van der Waals surface area contributed by atoms with Gasteiger partial charge in [-0.1, -0.05) is 40.0 Å². The average molecular weight is 240 g/mol. The molecule has 1 rings (SSSR count). The molecule has 2 N–H and O–H groups in total. The summed E-state index contributed by atoms with van der Waals surface area (Å²) in [4.78, 5) is 0. The Morgan fingerprint density at radius 3 is 2.38 bits per heavy atom. The summed E-state index contributed by atoms with van der Waals surface area (Å²) in [6.07, 6.45) is 1.01. The minimum Gasteiger partial charge on any atom is -0.505 e. The van der Waals surface area contributed by atoms with Gasteiger partial charge in [0.2, 0.25) is 0 Å². The first-order valence-corrected chi connectivity index (χ1v) is 4.25. The molecule has 0 aliphatic carbocycles. The molecule has 0 bridgehead atoms. The molecule has 3 nitrogen and oxygen atoms in total. The van der Waals surface area contributed by atoms with E-state index in [9.17, 15) is 5.11 Å². The maximum atomic E-state index is 9.27.